The molecular formula is C20H23FN6O3S2. The largest absolute Gasteiger partial charge is 0.493 e. The van der Waals surface area contributed by atoms with Crippen LogP contribution >= 0.6 is 11.5 Å². The number of benzene rings is 1. The highest BCUT2D eigenvalue weighted by Gasteiger charge is 2.37. The first-order valence-electron chi connectivity index (χ1n) is 10.4. The molecule has 0 unspecified atom stereocenters. The fourth-order valence-electron chi connectivity index (χ4n) is 4.60. The molecule has 0 bridgehead atoms. The molecule has 0 spiro atoms. The minimum atomic E-state index is -4.17. The summed E-state index contributed by atoms with van der Waals surface area (Å²) in [4.78, 5) is 5.70. The number of aromatic nitrogens is 4. The Morgan fingerprint density at radius 1 is 1.31 bits per heavy atom. The van der Waals surface area contributed by atoms with Gasteiger partial charge in [-0.15, -0.1) is 0 Å². The molecule has 3 atom stereocenters. The zero-order valence-electron chi connectivity index (χ0n) is 17.4. The van der Waals surface area contributed by atoms with Gasteiger partial charge in [0.25, 0.3) is 10.0 Å². The van der Waals surface area contributed by atoms with Crippen molar-refractivity contribution in [2.45, 2.75) is 43.2 Å². The van der Waals surface area contributed by atoms with E-state index >= 15 is 4.39 Å². The van der Waals surface area contributed by atoms with E-state index < -0.39 is 20.7 Å². The van der Waals surface area contributed by atoms with E-state index in [1.54, 1.807) is 6.20 Å². The smallest absolute Gasteiger partial charge is 0.266 e. The molecule has 12 heteroatoms. The third kappa shape index (κ3) is 3.97. The Kier molecular flexibility index (Phi) is 5.59. The number of halogens is 1. The Bertz CT molecular complexity index is 1190. The second-order valence-electron chi connectivity index (χ2n) is 8.22. The van der Waals surface area contributed by atoms with Crippen LogP contribution in [0.1, 0.15) is 49.5 Å². The van der Waals surface area contributed by atoms with Gasteiger partial charge in [-0.1, -0.05) is 6.92 Å². The Hall–Kier alpha value is -2.57. The van der Waals surface area contributed by atoms with Crippen molar-refractivity contribution in [2.75, 3.05) is 17.9 Å². The molecule has 1 fully saturated rings. The van der Waals surface area contributed by atoms with Crippen LogP contribution in [0.2, 0.25) is 0 Å². The van der Waals surface area contributed by atoms with E-state index in [0.29, 0.717) is 30.3 Å². The predicted molar refractivity (Wildman–Crippen MR) is 116 cm³/mol. The number of anilines is 1. The van der Waals surface area contributed by atoms with Crippen LogP contribution in [-0.4, -0.2) is 46.0 Å². The molecule has 1 aromatic carbocycles. The summed E-state index contributed by atoms with van der Waals surface area (Å²) >= 11 is 0.877. The second kappa shape index (κ2) is 8.41. The van der Waals surface area contributed by atoms with Crippen molar-refractivity contribution in [3.63, 3.8) is 0 Å². The van der Waals surface area contributed by atoms with Crippen molar-refractivity contribution < 1.29 is 17.5 Å². The number of nitrogens with zero attached hydrogens (tertiary/aromatic N) is 4. The van der Waals surface area contributed by atoms with Gasteiger partial charge in [0.2, 0.25) is 5.13 Å². The quantitative estimate of drug-likeness (QED) is 0.577. The Morgan fingerprint density at radius 2 is 2.19 bits per heavy atom. The summed E-state index contributed by atoms with van der Waals surface area (Å²) in [5.41, 5.74) is 1.70. The maximum absolute atomic E-state index is 15.1. The van der Waals surface area contributed by atoms with E-state index in [2.05, 4.69) is 36.1 Å². The third-order valence-electron chi connectivity index (χ3n) is 6.13. The highest BCUT2D eigenvalue weighted by molar-refractivity contribution is 7.93. The number of aromatic amines is 1. The number of fused-ring (bicyclic) bond motifs is 1. The van der Waals surface area contributed by atoms with Crippen molar-refractivity contribution in [2.24, 2.45) is 5.92 Å². The monoisotopic (exact) mass is 478 g/mol. The third-order valence-corrected chi connectivity index (χ3v) is 8.20. The van der Waals surface area contributed by atoms with Gasteiger partial charge in [0, 0.05) is 41.8 Å². The first kappa shape index (κ1) is 21.3. The normalized spacial score (nSPS) is 24.0. The Balaban J connectivity index is 1.49. The van der Waals surface area contributed by atoms with E-state index in [0.717, 1.165) is 36.6 Å². The molecule has 9 nitrogen and oxygen atoms in total. The van der Waals surface area contributed by atoms with E-state index in [9.17, 15) is 8.42 Å². The molecule has 2 N–H and O–H groups in total. The summed E-state index contributed by atoms with van der Waals surface area (Å²) in [5, 5.41) is 7.27. The fraction of sp³-hybridized carbons (Fsp3) is 0.450. The van der Waals surface area contributed by atoms with Gasteiger partial charge >= 0.3 is 0 Å². The lowest BCUT2D eigenvalue weighted by molar-refractivity contribution is 0.0465. The number of hydrogen-bond acceptors (Lipinski definition) is 8. The first-order valence-corrected chi connectivity index (χ1v) is 12.7. The average Bonchev–Trinajstić information content (AvgIpc) is 3.47. The van der Waals surface area contributed by atoms with Crippen LogP contribution in [-0.2, 0) is 10.0 Å². The second-order valence-corrected chi connectivity index (χ2v) is 10.7. The lowest BCUT2D eigenvalue weighted by Crippen LogP contribution is -2.41. The molecule has 2 aliphatic rings. The molecule has 2 aromatic heterocycles. The number of H-pyrrole nitrogens is 1. The van der Waals surface area contributed by atoms with Gasteiger partial charge in [-0.05, 0) is 37.4 Å². The molecule has 0 aliphatic carbocycles. The number of sulfonamides is 1. The van der Waals surface area contributed by atoms with Crippen molar-refractivity contribution >= 4 is 26.7 Å². The van der Waals surface area contributed by atoms with E-state index in [1.807, 2.05) is 6.07 Å². The van der Waals surface area contributed by atoms with Crippen molar-refractivity contribution in [1.82, 2.24) is 24.5 Å². The van der Waals surface area contributed by atoms with Gasteiger partial charge in [-0.2, -0.15) is 9.47 Å². The molecular weight excluding hydrogens is 455 g/mol. The van der Waals surface area contributed by atoms with E-state index in [1.165, 1.54) is 18.5 Å². The number of nitrogens with one attached hydrogen (secondary N) is 2. The van der Waals surface area contributed by atoms with Gasteiger partial charge in [0.05, 0.1) is 18.3 Å². The zero-order chi connectivity index (χ0) is 22.3. The van der Waals surface area contributed by atoms with Gasteiger partial charge in [0.15, 0.2) is 0 Å². The van der Waals surface area contributed by atoms with Gasteiger partial charge < -0.3 is 4.74 Å². The molecule has 0 radical (unpaired) electrons. The predicted octanol–water partition coefficient (Wildman–Crippen LogP) is 3.50. The van der Waals surface area contributed by atoms with Crippen LogP contribution in [0.3, 0.4) is 0 Å². The molecule has 1 saturated heterocycles. The molecule has 0 saturated carbocycles. The minimum absolute atomic E-state index is 0.0748. The average molecular weight is 479 g/mol. The van der Waals surface area contributed by atoms with Gasteiger partial charge in [0.1, 0.15) is 22.8 Å². The summed E-state index contributed by atoms with van der Waals surface area (Å²) < 4.78 is 52.4. The number of rotatable bonds is 5. The maximum Gasteiger partial charge on any atom is 0.266 e. The number of piperidine rings is 1. The van der Waals surface area contributed by atoms with Crippen LogP contribution in [0, 0.1) is 11.7 Å². The van der Waals surface area contributed by atoms with Crippen LogP contribution < -0.4 is 9.46 Å². The minimum Gasteiger partial charge on any atom is -0.493 e. The van der Waals surface area contributed by atoms with Crippen molar-refractivity contribution in [1.29, 1.82) is 0 Å². The number of likely N-dealkylation sites (tertiary alicyclic amines) is 1. The molecule has 170 valence electrons. The van der Waals surface area contributed by atoms with Crippen molar-refractivity contribution in [3.8, 4) is 5.75 Å². The van der Waals surface area contributed by atoms with Crippen LogP contribution in [0.5, 0.6) is 5.75 Å². The summed E-state index contributed by atoms with van der Waals surface area (Å²) in [5.74, 6) is 0.136. The lowest BCUT2D eigenvalue weighted by Gasteiger charge is -2.44. The molecule has 0 amide bonds. The standard InChI is InChI=1S/C20H23FN6O3S2/c1-12-3-6-27(17(8-12)15-2-5-23-25-15)16-4-7-30-18-10-19(14(21)9-13(16)18)32(28,29)26-20-22-11-24-31-20/h2,5,9-12,16-17H,3-4,6-8H2,1H3,(H,23,25)(H,22,24,26)/t12-,16+,17+/m1/s1. The van der Waals surface area contributed by atoms with Crippen LogP contribution in [0.15, 0.2) is 35.6 Å². The van der Waals surface area contributed by atoms with Crippen LogP contribution in [0.4, 0.5) is 9.52 Å². The molecule has 32 heavy (non-hydrogen) atoms. The Morgan fingerprint density at radius 3 is 2.94 bits per heavy atom. The topological polar surface area (TPSA) is 113 Å². The summed E-state index contributed by atoms with van der Waals surface area (Å²) in [6.07, 6.45) is 5.68. The summed E-state index contributed by atoms with van der Waals surface area (Å²) in [6, 6.07) is 4.60. The number of hydrogen-bond donors (Lipinski definition) is 2. The molecule has 3 aromatic rings. The van der Waals surface area contributed by atoms with Gasteiger partial charge in [-0.25, -0.2) is 17.8 Å². The van der Waals surface area contributed by atoms with Gasteiger partial charge in [-0.3, -0.25) is 14.7 Å². The molecule has 4 heterocycles. The Labute approximate surface area is 189 Å². The summed E-state index contributed by atoms with van der Waals surface area (Å²) in [7, 11) is -4.17. The highest BCUT2D eigenvalue weighted by atomic mass is 32.2. The number of ether oxygens (including phenoxy) is 1. The van der Waals surface area contributed by atoms with E-state index in [4.69, 9.17) is 4.74 Å². The van der Waals surface area contributed by atoms with Crippen LogP contribution in [0.25, 0.3) is 0 Å². The molecule has 2 aliphatic heterocycles. The fourth-order valence-corrected chi connectivity index (χ4v) is 6.34. The zero-order valence-corrected chi connectivity index (χ0v) is 19.0. The first-order chi connectivity index (χ1) is 15.4. The van der Waals surface area contributed by atoms with Crippen molar-refractivity contribution in [3.05, 3.63) is 47.8 Å². The van der Waals surface area contributed by atoms with E-state index in [-0.39, 0.29) is 17.2 Å². The summed E-state index contributed by atoms with van der Waals surface area (Å²) in [6.45, 7) is 3.52. The molecule has 5 rings (SSSR count). The SMILES string of the molecule is C[C@@H]1CCN([C@H]2CCOc3cc(S(=O)(=O)Nc4ncns4)c(F)cc32)[C@H](c2ccn[nH]2)C1. The highest BCUT2D eigenvalue weighted by Crippen LogP contribution is 2.45. The maximum atomic E-state index is 15.1. The lowest BCUT2D eigenvalue weighted by atomic mass is 9.87.